The Bertz CT molecular complexity index is 138. The lowest BCUT2D eigenvalue weighted by atomic mass is 10.1. The molecule has 0 aliphatic heterocycles. The van der Waals surface area contributed by atoms with Crippen molar-refractivity contribution >= 4 is 0 Å². The molecule has 0 aromatic rings. The third-order valence-electron chi connectivity index (χ3n) is 2.52. The van der Waals surface area contributed by atoms with Crippen LogP contribution in [0.1, 0.15) is 39.5 Å². The van der Waals surface area contributed by atoms with Crippen molar-refractivity contribution in [2.75, 3.05) is 26.2 Å². The van der Waals surface area contributed by atoms with Gasteiger partial charge >= 0.3 is 0 Å². The molecule has 0 amide bonds. The highest BCUT2D eigenvalue weighted by Crippen LogP contribution is 2.02. The van der Waals surface area contributed by atoms with Crippen LogP contribution in [0.4, 0.5) is 0 Å². The molecule has 0 bridgehead atoms. The van der Waals surface area contributed by atoms with Gasteiger partial charge in [-0.25, -0.2) is 0 Å². The van der Waals surface area contributed by atoms with E-state index in [9.17, 15) is 0 Å². The van der Waals surface area contributed by atoms with E-state index < -0.39 is 0 Å². The molecule has 4 nitrogen and oxygen atoms in total. The first kappa shape index (κ1) is 15.8. The number of unbranched alkanes of at least 4 members (excludes halogenated alkanes) is 3. The topological polar surface area (TPSA) is 81.3 Å². The molecule has 0 radical (unpaired) electrons. The Balaban J connectivity index is 3.65. The molecule has 0 fully saturated rings. The van der Waals surface area contributed by atoms with Gasteiger partial charge in [-0.2, -0.15) is 0 Å². The van der Waals surface area contributed by atoms with Gasteiger partial charge in [0, 0.05) is 25.2 Å². The molecule has 6 N–H and O–H groups in total. The molecule has 0 spiro atoms. The van der Waals surface area contributed by atoms with Crippen molar-refractivity contribution in [2.24, 2.45) is 17.2 Å². The van der Waals surface area contributed by atoms with Crippen LogP contribution in [0.25, 0.3) is 0 Å². The van der Waals surface area contributed by atoms with Gasteiger partial charge in [0.25, 0.3) is 0 Å². The van der Waals surface area contributed by atoms with Crippen molar-refractivity contribution in [3.8, 4) is 0 Å². The zero-order chi connectivity index (χ0) is 12.4. The van der Waals surface area contributed by atoms with Crippen molar-refractivity contribution in [1.82, 2.24) is 4.90 Å². The van der Waals surface area contributed by atoms with E-state index in [2.05, 4.69) is 4.90 Å². The number of nitrogens with two attached hydrogens (primary N) is 3. The molecule has 0 aliphatic carbocycles. The number of nitrogens with zero attached hydrogens (tertiary/aromatic N) is 1. The highest BCUT2D eigenvalue weighted by atomic mass is 15.1. The standard InChI is InChI=1S/C12H30N4/c1-11(14)9-16(10-12(2)15)8-6-4-3-5-7-13/h11-12H,3-10,13-15H2,1-2H3. The van der Waals surface area contributed by atoms with Crippen molar-refractivity contribution in [1.29, 1.82) is 0 Å². The van der Waals surface area contributed by atoms with Crippen LogP contribution in [0.5, 0.6) is 0 Å². The zero-order valence-corrected chi connectivity index (χ0v) is 11.0. The molecule has 0 rings (SSSR count). The van der Waals surface area contributed by atoms with E-state index in [1.807, 2.05) is 13.8 Å². The van der Waals surface area contributed by atoms with E-state index in [0.29, 0.717) is 0 Å². The minimum absolute atomic E-state index is 0.225. The maximum absolute atomic E-state index is 5.82. The third kappa shape index (κ3) is 10.4. The summed E-state index contributed by atoms with van der Waals surface area (Å²) in [5, 5.41) is 0. The van der Waals surface area contributed by atoms with Crippen LogP contribution in [0.15, 0.2) is 0 Å². The first-order chi connectivity index (χ1) is 7.56. The number of hydrogen-bond donors (Lipinski definition) is 3. The molecule has 16 heavy (non-hydrogen) atoms. The Morgan fingerprint density at radius 2 is 1.38 bits per heavy atom. The fraction of sp³-hybridized carbons (Fsp3) is 1.00. The van der Waals surface area contributed by atoms with Crippen LogP contribution in [-0.2, 0) is 0 Å². The highest BCUT2D eigenvalue weighted by molar-refractivity contribution is 4.68. The predicted octanol–water partition coefficient (Wildman–Crippen LogP) is 0.502. The van der Waals surface area contributed by atoms with Crippen LogP contribution in [0.3, 0.4) is 0 Å². The molecule has 2 atom stereocenters. The van der Waals surface area contributed by atoms with E-state index in [0.717, 1.165) is 32.6 Å². The summed E-state index contributed by atoms with van der Waals surface area (Å²) >= 11 is 0. The highest BCUT2D eigenvalue weighted by Gasteiger charge is 2.08. The van der Waals surface area contributed by atoms with Gasteiger partial charge in [-0.3, -0.25) is 0 Å². The maximum atomic E-state index is 5.82. The molecule has 98 valence electrons. The molecule has 0 heterocycles. The van der Waals surface area contributed by atoms with Crippen molar-refractivity contribution in [3.63, 3.8) is 0 Å². The van der Waals surface area contributed by atoms with Crippen molar-refractivity contribution in [3.05, 3.63) is 0 Å². The molecule has 0 aromatic heterocycles. The molecule has 4 heteroatoms. The van der Waals surface area contributed by atoms with Crippen LogP contribution in [-0.4, -0.2) is 43.2 Å². The van der Waals surface area contributed by atoms with Crippen molar-refractivity contribution in [2.45, 2.75) is 51.6 Å². The molecule has 0 aliphatic rings. The van der Waals surface area contributed by atoms with Gasteiger partial charge in [-0.15, -0.1) is 0 Å². The molecular formula is C12H30N4. The average molecular weight is 230 g/mol. The van der Waals surface area contributed by atoms with Gasteiger partial charge in [0.15, 0.2) is 0 Å². The summed E-state index contributed by atoms with van der Waals surface area (Å²) in [6, 6.07) is 0.450. The normalized spacial score (nSPS) is 15.4. The van der Waals surface area contributed by atoms with Crippen LogP contribution >= 0.6 is 0 Å². The van der Waals surface area contributed by atoms with E-state index in [4.69, 9.17) is 17.2 Å². The van der Waals surface area contributed by atoms with Crippen LogP contribution in [0.2, 0.25) is 0 Å². The van der Waals surface area contributed by atoms with Gasteiger partial charge in [0.05, 0.1) is 0 Å². The van der Waals surface area contributed by atoms with E-state index in [1.165, 1.54) is 19.3 Å². The molecule has 0 saturated carbocycles. The van der Waals surface area contributed by atoms with Gasteiger partial charge < -0.3 is 22.1 Å². The first-order valence-corrected chi connectivity index (χ1v) is 6.49. The second kappa shape index (κ2) is 10.0. The Kier molecular flexibility index (Phi) is 9.92. The largest absolute Gasteiger partial charge is 0.330 e. The van der Waals surface area contributed by atoms with Gasteiger partial charge in [-0.1, -0.05) is 12.8 Å². The lowest BCUT2D eigenvalue weighted by Gasteiger charge is -2.25. The summed E-state index contributed by atoms with van der Waals surface area (Å²) < 4.78 is 0. The lowest BCUT2D eigenvalue weighted by molar-refractivity contribution is 0.244. The molecule has 2 unspecified atom stereocenters. The SMILES string of the molecule is CC(N)CN(CCCCCCN)CC(C)N. The second-order valence-electron chi connectivity index (χ2n) is 4.92. The zero-order valence-electron chi connectivity index (χ0n) is 11.0. The summed E-state index contributed by atoms with van der Waals surface area (Å²) in [5.74, 6) is 0. The third-order valence-corrected chi connectivity index (χ3v) is 2.52. The fourth-order valence-electron chi connectivity index (χ4n) is 1.90. The fourth-order valence-corrected chi connectivity index (χ4v) is 1.90. The van der Waals surface area contributed by atoms with Crippen LogP contribution in [0, 0.1) is 0 Å². The Labute approximate surface area is 101 Å². The van der Waals surface area contributed by atoms with E-state index >= 15 is 0 Å². The van der Waals surface area contributed by atoms with Gasteiger partial charge in [0.1, 0.15) is 0 Å². The van der Waals surface area contributed by atoms with E-state index in [-0.39, 0.29) is 12.1 Å². The number of hydrogen-bond acceptors (Lipinski definition) is 4. The molecular weight excluding hydrogens is 200 g/mol. The predicted molar refractivity (Wildman–Crippen MR) is 71.3 cm³/mol. The molecule has 0 aromatic carbocycles. The quantitative estimate of drug-likeness (QED) is 0.477. The second-order valence-corrected chi connectivity index (χ2v) is 4.92. The van der Waals surface area contributed by atoms with Gasteiger partial charge in [0.2, 0.25) is 0 Å². The maximum Gasteiger partial charge on any atom is 0.0139 e. The summed E-state index contributed by atoms with van der Waals surface area (Å²) in [5.41, 5.74) is 17.1. The van der Waals surface area contributed by atoms with Crippen molar-refractivity contribution < 1.29 is 0 Å². The minimum atomic E-state index is 0.225. The van der Waals surface area contributed by atoms with E-state index in [1.54, 1.807) is 0 Å². The smallest absolute Gasteiger partial charge is 0.0139 e. The monoisotopic (exact) mass is 230 g/mol. The van der Waals surface area contributed by atoms with Crippen LogP contribution < -0.4 is 17.2 Å². The van der Waals surface area contributed by atoms with Gasteiger partial charge in [-0.05, 0) is 39.8 Å². The molecule has 0 saturated heterocycles. The Hall–Kier alpha value is -0.160. The summed E-state index contributed by atoms with van der Waals surface area (Å²) in [6.45, 7) is 7.89. The minimum Gasteiger partial charge on any atom is -0.330 e. The lowest BCUT2D eigenvalue weighted by Crippen LogP contribution is -2.42. The summed E-state index contributed by atoms with van der Waals surface area (Å²) in [4.78, 5) is 2.37. The average Bonchev–Trinajstić information content (AvgIpc) is 2.15. The summed E-state index contributed by atoms with van der Waals surface area (Å²) in [6.07, 6.45) is 4.85. The Morgan fingerprint density at radius 1 is 0.875 bits per heavy atom. The first-order valence-electron chi connectivity index (χ1n) is 6.49. The summed E-state index contributed by atoms with van der Waals surface area (Å²) in [7, 11) is 0. The Morgan fingerprint density at radius 3 is 1.81 bits per heavy atom. The number of rotatable bonds is 10.